The summed E-state index contributed by atoms with van der Waals surface area (Å²) < 4.78 is 32.9. The van der Waals surface area contributed by atoms with Crippen LogP contribution in [-0.4, -0.2) is 38.8 Å². The Hall–Kier alpha value is -3.13. The molecule has 0 amide bonds. The largest absolute Gasteiger partial charge is 0.497 e. The molecule has 1 fully saturated rings. The van der Waals surface area contributed by atoms with E-state index in [1.54, 1.807) is 24.3 Å². The molecule has 3 aromatic rings. The second kappa shape index (κ2) is 8.08. The number of hydrogen-bond donors (Lipinski definition) is 1. The Morgan fingerprint density at radius 3 is 2.38 bits per heavy atom. The van der Waals surface area contributed by atoms with E-state index >= 15 is 0 Å². The monoisotopic (exact) mass is 410 g/mol. The highest BCUT2D eigenvalue weighted by Gasteiger charge is 2.16. The number of benzene rings is 2. The van der Waals surface area contributed by atoms with Crippen LogP contribution < -0.4 is 14.4 Å². The lowest BCUT2D eigenvalue weighted by Gasteiger charge is -2.15. The molecule has 8 heteroatoms. The maximum Gasteiger partial charge on any atom is 0.262 e. The Kier molecular flexibility index (Phi) is 5.35. The lowest BCUT2D eigenvalue weighted by atomic mass is 10.1. The Bertz CT molecular complexity index is 1080. The highest BCUT2D eigenvalue weighted by Crippen LogP contribution is 2.24. The zero-order valence-electron chi connectivity index (χ0n) is 16.1. The number of anilines is 2. The van der Waals surface area contributed by atoms with Gasteiger partial charge in [0.2, 0.25) is 0 Å². The molecule has 0 atom stereocenters. The topological polar surface area (TPSA) is 84.4 Å². The van der Waals surface area contributed by atoms with E-state index in [1.165, 1.54) is 32.1 Å². The number of nitrogens with zero attached hydrogens (tertiary/aromatic N) is 3. The van der Waals surface area contributed by atoms with Gasteiger partial charge in [-0.2, -0.15) is 0 Å². The number of rotatable bonds is 6. The molecule has 0 aliphatic carbocycles. The van der Waals surface area contributed by atoms with Crippen molar-refractivity contribution >= 4 is 21.5 Å². The van der Waals surface area contributed by atoms with E-state index in [0.29, 0.717) is 11.4 Å². The van der Waals surface area contributed by atoms with Gasteiger partial charge in [0.25, 0.3) is 10.0 Å². The van der Waals surface area contributed by atoms with Crippen molar-refractivity contribution in [1.29, 1.82) is 0 Å². The predicted molar refractivity (Wildman–Crippen MR) is 113 cm³/mol. The fourth-order valence-electron chi connectivity index (χ4n) is 3.29. The second-order valence-electron chi connectivity index (χ2n) is 6.83. The molecule has 150 valence electrons. The van der Waals surface area contributed by atoms with E-state index in [0.717, 1.165) is 30.2 Å². The Morgan fingerprint density at radius 1 is 0.966 bits per heavy atom. The highest BCUT2D eigenvalue weighted by atomic mass is 32.2. The van der Waals surface area contributed by atoms with Gasteiger partial charge in [-0.3, -0.25) is 4.72 Å². The Labute approximate surface area is 170 Å². The van der Waals surface area contributed by atoms with Crippen LogP contribution in [0.3, 0.4) is 0 Å². The standard InChI is InChI=1S/C21H22N4O3S/c1-28-18-5-4-6-19(15-18)29(26,27)24-17-9-7-16(8-10-17)20-11-12-21(23-22-20)25-13-2-3-14-25/h4-12,15,24H,2-3,13-14H2,1H3. The van der Waals surface area contributed by atoms with Crippen molar-refractivity contribution in [3.8, 4) is 17.0 Å². The molecule has 0 bridgehead atoms. The van der Waals surface area contributed by atoms with Gasteiger partial charge in [0, 0.05) is 30.4 Å². The summed E-state index contributed by atoms with van der Waals surface area (Å²) in [6.07, 6.45) is 2.38. The van der Waals surface area contributed by atoms with Gasteiger partial charge in [-0.1, -0.05) is 18.2 Å². The molecule has 1 aliphatic heterocycles. The molecule has 2 heterocycles. The molecule has 1 N–H and O–H groups in total. The minimum Gasteiger partial charge on any atom is -0.497 e. The van der Waals surface area contributed by atoms with Crippen LogP contribution in [0.2, 0.25) is 0 Å². The van der Waals surface area contributed by atoms with Gasteiger partial charge in [-0.25, -0.2) is 8.42 Å². The number of ether oxygens (including phenoxy) is 1. The summed E-state index contributed by atoms with van der Waals surface area (Å²) in [5, 5.41) is 8.65. The van der Waals surface area contributed by atoms with E-state index in [2.05, 4.69) is 19.8 Å². The molecule has 1 saturated heterocycles. The van der Waals surface area contributed by atoms with Gasteiger partial charge in [-0.05, 0) is 49.2 Å². The van der Waals surface area contributed by atoms with Gasteiger partial charge in [0.05, 0.1) is 17.7 Å². The van der Waals surface area contributed by atoms with Gasteiger partial charge in [0.15, 0.2) is 5.82 Å². The van der Waals surface area contributed by atoms with Crippen LogP contribution in [0.1, 0.15) is 12.8 Å². The molecule has 0 unspecified atom stereocenters. The smallest absolute Gasteiger partial charge is 0.262 e. The highest BCUT2D eigenvalue weighted by molar-refractivity contribution is 7.92. The fraction of sp³-hybridized carbons (Fsp3) is 0.238. The maximum absolute atomic E-state index is 12.6. The first-order valence-electron chi connectivity index (χ1n) is 9.41. The molecule has 1 aliphatic rings. The van der Waals surface area contributed by atoms with Crippen molar-refractivity contribution < 1.29 is 13.2 Å². The van der Waals surface area contributed by atoms with Crippen molar-refractivity contribution in [2.45, 2.75) is 17.7 Å². The van der Waals surface area contributed by atoms with E-state index in [9.17, 15) is 8.42 Å². The van der Waals surface area contributed by atoms with E-state index in [1.807, 2.05) is 24.3 Å². The summed E-state index contributed by atoms with van der Waals surface area (Å²) in [5.41, 5.74) is 2.09. The zero-order chi connectivity index (χ0) is 20.3. The molecule has 29 heavy (non-hydrogen) atoms. The van der Waals surface area contributed by atoms with E-state index in [-0.39, 0.29) is 4.90 Å². The Morgan fingerprint density at radius 2 is 1.72 bits per heavy atom. The number of methoxy groups -OCH3 is 1. The van der Waals surface area contributed by atoms with Crippen LogP contribution in [0.25, 0.3) is 11.3 Å². The van der Waals surface area contributed by atoms with Gasteiger partial charge in [-0.15, -0.1) is 10.2 Å². The summed E-state index contributed by atoms with van der Waals surface area (Å²) in [6.45, 7) is 2.05. The minimum absolute atomic E-state index is 0.143. The zero-order valence-corrected chi connectivity index (χ0v) is 16.9. The van der Waals surface area contributed by atoms with Crippen LogP contribution in [0.5, 0.6) is 5.75 Å². The quantitative estimate of drug-likeness (QED) is 0.669. The van der Waals surface area contributed by atoms with Crippen LogP contribution in [-0.2, 0) is 10.0 Å². The first-order chi connectivity index (χ1) is 14.0. The average molecular weight is 410 g/mol. The molecular formula is C21H22N4O3S. The predicted octanol–water partition coefficient (Wildman–Crippen LogP) is 3.55. The lowest BCUT2D eigenvalue weighted by molar-refractivity contribution is 0.413. The van der Waals surface area contributed by atoms with Crippen LogP contribution in [0.4, 0.5) is 11.5 Å². The molecule has 7 nitrogen and oxygen atoms in total. The summed E-state index contributed by atoms with van der Waals surface area (Å²) in [5.74, 6) is 1.38. The first kappa shape index (κ1) is 19.2. The third-order valence-corrected chi connectivity index (χ3v) is 6.24. The summed E-state index contributed by atoms with van der Waals surface area (Å²) in [4.78, 5) is 2.37. The van der Waals surface area contributed by atoms with Crippen molar-refractivity contribution in [3.05, 3.63) is 60.7 Å². The van der Waals surface area contributed by atoms with E-state index in [4.69, 9.17) is 4.74 Å². The third kappa shape index (κ3) is 4.32. The van der Waals surface area contributed by atoms with Crippen molar-refractivity contribution in [2.75, 3.05) is 29.8 Å². The number of hydrogen-bond acceptors (Lipinski definition) is 6. The normalized spacial score (nSPS) is 14.0. The van der Waals surface area contributed by atoms with Crippen LogP contribution in [0.15, 0.2) is 65.6 Å². The molecule has 0 saturated carbocycles. The van der Waals surface area contributed by atoms with Crippen LogP contribution in [0, 0.1) is 0 Å². The first-order valence-corrected chi connectivity index (χ1v) is 10.9. The lowest BCUT2D eigenvalue weighted by Crippen LogP contribution is -2.19. The SMILES string of the molecule is COc1cccc(S(=O)(=O)Nc2ccc(-c3ccc(N4CCCC4)nn3)cc2)c1. The Balaban J connectivity index is 1.48. The van der Waals surface area contributed by atoms with Gasteiger partial charge >= 0.3 is 0 Å². The molecule has 1 aromatic heterocycles. The minimum atomic E-state index is -3.70. The molecular weight excluding hydrogens is 388 g/mol. The number of sulfonamides is 1. The van der Waals surface area contributed by atoms with Crippen molar-refractivity contribution in [1.82, 2.24) is 10.2 Å². The fourth-order valence-corrected chi connectivity index (χ4v) is 4.38. The van der Waals surface area contributed by atoms with Crippen molar-refractivity contribution in [3.63, 3.8) is 0 Å². The maximum atomic E-state index is 12.6. The molecule has 0 radical (unpaired) electrons. The number of nitrogens with one attached hydrogen (secondary N) is 1. The molecule has 4 rings (SSSR count). The van der Waals surface area contributed by atoms with E-state index < -0.39 is 10.0 Å². The summed E-state index contributed by atoms with van der Waals surface area (Å²) >= 11 is 0. The molecule has 0 spiro atoms. The average Bonchev–Trinajstić information content (AvgIpc) is 3.29. The van der Waals surface area contributed by atoms with Gasteiger partial charge in [0.1, 0.15) is 5.75 Å². The third-order valence-electron chi connectivity index (χ3n) is 4.86. The van der Waals surface area contributed by atoms with Gasteiger partial charge < -0.3 is 9.64 Å². The van der Waals surface area contributed by atoms with Crippen LogP contribution >= 0.6 is 0 Å². The number of aromatic nitrogens is 2. The second-order valence-corrected chi connectivity index (χ2v) is 8.52. The van der Waals surface area contributed by atoms with Crippen molar-refractivity contribution in [2.24, 2.45) is 0 Å². The summed E-state index contributed by atoms with van der Waals surface area (Å²) in [6, 6.07) is 17.3. The summed E-state index contributed by atoms with van der Waals surface area (Å²) in [7, 11) is -2.20. The molecule has 2 aromatic carbocycles.